The van der Waals surface area contributed by atoms with Gasteiger partial charge in [-0.25, -0.2) is 21.8 Å². The Morgan fingerprint density at radius 2 is 1.28 bits per heavy atom. The number of fused-ring (bicyclic) bond motifs is 2. The summed E-state index contributed by atoms with van der Waals surface area (Å²) in [4.78, 5) is 27.9. The lowest BCUT2D eigenvalue weighted by Gasteiger charge is -2.30. The maximum atomic E-state index is 15.5. The van der Waals surface area contributed by atoms with Gasteiger partial charge >= 0.3 is 32.5 Å². The van der Waals surface area contributed by atoms with Gasteiger partial charge in [-0.1, -0.05) is 79.5 Å². The molecule has 0 aromatic heterocycles. The molecule has 4 aromatic rings. The number of benzene rings is 5. The lowest BCUT2D eigenvalue weighted by molar-refractivity contribution is -0.246. The largest absolute Gasteiger partial charge is 0.456 e. The summed E-state index contributed by atoms with van der Waals surface area (Å²) in [6, 6.07) is 24.6. The van der Waals surface area contributed by atoms with E-state index in [0.717, 1.165) is 57.9 Å². The smallest absolute Gasteiger partial charge is 0.450 e. The van der Waals surface area contributed by atoms with Gasteiger partial charge in [0.2, 0.25) is 0 Å². The molecule has 1 aliphatic heterocycles. The molecule has 13 nitrogen and oxygen atoms in total. The van der Waals surface area contributed by atoms with Gasteiger partial charge in [-0.15, -0.1) is 0 Å². The zero-order chi connectivity index (χ0) is 52.7. The fraction of sp³-hybridized carbons (Fsp3) is 0.312. The van der Waals surface area contributed by atoms with E-state index in [1.54, 1.807) is 39.0 Å². The molecule has 6 rings (SSSR count). The maximum Gasteiger partial charge on any atom is 0.450 e. The molecule has 380 valence electrons. The van der Waals surface area contributed by atoms with Crippen LogP contribution in [0, 0.1) is 33.1 Å². The first-order valence-corrected chi connectivity index (χ1v) is 26.9. The SMILES string of the molecule is Cc1cccc(C)c1N=c1ccc2c(-c3ccccc3S(=O)(=O)NS(=O)(=O)C(F)(F)C(F)(F)C(F)(F)S(=O)(=O)OC(=O)CCSCCC(=O)C(C)(C)C)c3ccc(Nc4c(C)cccc4C)cc3oc-2c1. The highest BCUT2D eigenvalue weighted by molar-refractivity contribution is 8.05. The van der Waals surface area contributed by atoms with Gasteiger partial charge in [-0.2, -0.15) is 46.5 Å². The van der Waals surface area contributed by atoms with Crippen LogP contribution in [0.1, 0.15) is 55.9 Å². The van der Waals surface area contributed by atoms with Crippen LogP contribution in [0.15, 0.2) is 111 Å². The number of rotatable bonds is 18. The molecule has 1 aliphatic carbocycles. The fourth-order valence-corrected chi connectivity index (χ4v) is 12.1. The molecular formula is C48H47F6N3O10S4. The van der Waals surface area contributed by atoms with E-state index in [4.69, 9.17) is 9.41 Å². The molecule has 4 aromatic carbocycles. The van der Waals surface area contributed by atoms with Crippen LogP contribution >= 0.6 is 11.8 Å². The van der Waals surface area contributed by atoms with Gasteiger partial charge in [0.05, 0.1) is 22.4 Å². The predicted molar refractivity (Wildman–Crippen MR) is 259 cm³/mol. The van der Waals surface area contributed by atoms with E-state index in [0.29, 0.717) is 20.9 Å². The van der Waals surface area contributed by atoms with Crippen LogP contribution in [-0.4, -0.2) is 64.9 Å². The summed E-state index contributed by atoms with van der Waals surface area (Å²) in [6.45, 7) is 12.4. The van der Waals surface area contributed by atoms with Crippen molar-refractivity contribution in [3.8, 4) is 22.5 Å². The number of hydrogen-bond donors (Lipinski definition) is 2. The third-order valence-corrected chi connectivity index (χ3v) is 17.0. The van der Waals surface area contributed by atoms with E-state index >= 15 is 26.3 Å². The highest BCUT2D eigenvalue weighted by Crippen LogP contribution is 2.52. The summed E-state index contributed by atoms with van der Waals surface area (Å²) in [7, 11) is -21.0. The zero-order valence-corrected chi connectivity index (χ0v) is 42.3. The van der Waals surface area contributed by atoms with E-state index in [2.05, 4.69) is 9.50 Å². The summed E-state index contributed by atoms with van der Waals surface area (Å²) in [6.07, 6.45) is -1.06. The lowest BCUT2D eigenvalue weighted by atomic mass is 9.89. The molecule has 0 amide bonds. The highest BCUT2D eigenvalue weighted by Gasteiger charge is 2.83. The number of aryl methyl sites for hydroxylation is 4. The second-order valence-corrected chi connectivity index (χ2v) is 23.9. The zero-order valence-electron chi connectivity index (χ0n) is 39.0. The third kappa shape index (κ3) is 11.0. The van der Waals surface area contributed by atoms with Gasteiger partial charge in [0.15, 0.2) is 0 Å². The molecule has 0 saturated heterocycles. The molecule has 1 heterocycles. The summed E-state index contributed by atoms with van der Waals surface area (Å²) in [5.74, 6) is -10.0. The van der Waals surface area contributed by atoms with Crippen molar-refractivity contribution in [3.05, 3.63) is 125 Å². The van der Waals surface area contributed by atoms with E-state index in [1.807, 2.05) is 64.1 Å². The molecular weight excluding hydrogens is 1020 g/mol. The highest BCUT2D eigenvalue weighted by atomic mass is 32.3. The van der Waals surface area contributed by atoms with Crippen LogP contribution in [0.4, 0.5) is 43.4 Å². The summed E-state index contributed by atoms with van der Waals surface area (Å²) in [5, 5.41) is -10.5. The quantitative estimate of drug-likeness (QED) is 0.0358. The van der Waals surface area contributed by atoms with Crippen molar-refractivity contribution < 1.29 is 69.8 Å². The van der Waals surface area contributed by atoms with Crippen molar-refractivity contribution in [3.63, 3.8) is 0 Å². The standard InChI is InChI=1S/C48H47F6N3O10S4/c1-28-12-10-13-29(2)43(28)55-32-18-20-34-37(26-32)66-38-27-33(56-44-30(3)14-11-15-31(44)4)19-21-35(38)42(34)36-16-8-9-17-39(36)69(60,61)57-70(62,63)47(51,52)46(49,50)48(53,54)71(64,65)67-41(59)23-25-68-24-22-40(58)45(5,6)7/h8-21,26-27,55,57H,22-25H2,1-7H3. The Morgan fingerprint density at radius 3 is 1.90 bits per heavy atom. The summed E-state index contributed by atoms with van der Waals surface area (Å²) < 4.78 is 181. The van der Waals surface area contributed by atoms with Gasteiger partial charge in [-0.05, 0) is 80.3 Å². The van der Waals surface area contributed by atoms with Gasteiger partial charge in [0.25, 0.3) is 20.0 Å². The van der Waals surface area contributed by atoms with Crippen LogP contribution < -0.4 is 14.8 Å². The maximum absolute atomic E-state index is 15.5. The number of sulfonamides is 2. The number of Topliss-reactive ketones (excluding diaryl/α,β-unsaturated/α-hetero) is 1. The van der Waals surface area contributed by atoms with Crippen molar-refractivity contribution >= 4 is 81.7 Å². The number of carbonyl (C=O) groups excluding carboxylic acids is 2. The Kier molecular flexibility index (Phi) is 15.4. The second kappa shape index (κ2) is 20.0. The molecule has 0 bridgehead atoms. The number of anilines is 2. The Bertz CT molecular complexity index is 3410. The molecule has 71 heavy (non-hydrogen) atoms. The van der Waals surface area contributed by atoms with Crippen LogP contribution in [0.2, 0.25) is 0 Å². The number of hydrogen-bond acceptors (Lipinski definition) is 13. The Balaban J connectivity index is 1.38. The van der Waals surface area contributed by atoms with Gasteiger partial charge < -0.3 is 13.9 Å². The number of nitrogens with one attached hydrogen (secondary N) is 2. The van der Waals surface area contributed by atoms with Crippen molar-refractivity contribution in [2.75, 3.05) is 16.8 Å². The van der Waals surface area contributed by atoms with Crippen LogP contribution in [-0.2, 0) is 43.9 Å². The number of carbonyl (C=O) groups is 2. The van der Waals surface area contributed by atoms with Crippen molar-refractivity contribution in [2.24, 2.45) is 10.4 Å². The van der Waals surface area contributed by atoms with E-state index in [1.165, 1.54) is 24.3 Å². The first kappa shape index (κ1) is 54.6. The minimum Gasteiger partial charge on any atom is -0.456 e. The van der Waals surface area contributed by atoms with Gasteiger partial charge in [0.1, 0.15) is 17.1 Å². The van der Waals surface area contributed by atoms with E-state index < -0.39 is 74.9 Å². The second-order valence-electron chi connectivity index (χ2n) is 17.5. The van der Waals surface area contributed by atoms with Crippen molar-refractivity contribution in [2.45, 2.75) is 82.6 Å². The molecule has 0 fully saturated rings. The topological polar surface area (TPSA) is 195 Å². The van der Waals surface area contributed by atoms with Gasteiger partial charge in [0, 0.05) is 68.9 Å². The normalized spacial score (nSPS) is 13.5. The van der Waals surface area contributed by atoms with E-state index in [9.17, 15) is 34.8 Å². The molecule has 0 atom stereocenters. The van der Waals surface area contributed by atoms with Crippen molar-refractivity contribution in [1.82, 2.24) is 4.13 Å². The Hall–Kier alpha value is -5.75. The first-order valence-electron chi connectivity index (χ1n) is 21.4. The minimum atomic E-state index is -7.58. The first-order chi connectivity index (χ1) is 32.8. The number of alkyl halides is 6. The molecule has 2 aliphatic rings. The average Bonchev–Trinajstić information content (AvgIpc) is 3.26. The van der Waals surface area contributed by atoms with Crippen LogP contribution in [0.25, 0.3) is 33.4 Å². The number of ketones is 1. The third-order valence-electron chi connectivity index (χ3n) is 11.1. The predicted octanol–water partition coefficient (Wildman–Crippen LogP) is 10.8. The van der Waals surface area contributed by atoms with Crippen LogP contribution in [0.3, 0.4) is 0 Å². The molecule has 0 unspecified atom stereocenters. The Labute approximate surface area is 410 Å². The average molecular weight is 1070 g/mol. The van der Waals surface area contributed by atoms with Crippen LogP contribution in [0.5, 0.6) is 0 Å². The lowest BCUT2D eigenvalue weighted by Crippen LogP contribution is -2.63. The molecule has 0 radical (unpaired) electrons. The number of halogens is 6. The fourth-order valence-electron chi connectivity index (χ4n) is 7.24. The molecule has 2 N–H and O–H groups in total. The number of thioether (sulfide) groups is 1. The monoisotopic (exact) mass is 1070 g/mol. The summed E-state index contributed by atoms with van der Waals surface area (Å²) in [5.41, 5.74) is 4.47. The molecule has 0 saturated carbocycles. The van der Waals surface area contributed by atoms with Crippen molar-refractivity contribution in [1.29, 1.82) is 0 Å². The Morgan fingerprint density at radius 1 is 0.690 bits per heavy atom. The van der Waals surface area contributed by atoms with Gasteiger partial charge in [-0.3, -0.25) is 9.59 Å². The minimum absolute atomic E-state index is 0.00908. The number of para-hydroxylation sites is 2. The summed E-state index contributed by atoms with van der Waals surface area (Å²) >= 11 is 0.851. The number of nitrogens with zero attached hydrogens (tertiary/aromatic N) is 1. The van der Waals surface area contributed by atoms with E-state index in [-0.39, 0.29) is 51.6 Å². The molecule has 0 spiro atoms. The molecule has 23 heteroatoms.